The van der Waals surface area contributed by atoms with Crippen molar-refractivity contribution in [3.8, 4) is 22.5 Å². The number of amides is 1. The van der Waals surface area contributed by atoms with Gasteiger partial charge in [0.25, 0.3) is 5.92 Å². The maximum Gasteiger partial charge on any atom is 0.282 e. The van der Waals surface area contributed by atoms with E-state index in [4.69, 9.17) is 11.6 Å². The van der Waals surface area contributed by atoms with Gasteiger partial charge in [-0.25, -0.2) is 23.1 Å². The lowest BCUT2D eigenvalue weighted by Crippen LogP contribution is -2.59. The maximum atomic E-state index is 13.4. The second-order valence-electron chi connectivity index (χ2n) is 6.19. The van der Waals surface area contributed by atoms with Crippen molar-refractivity contribution in [1.82, 2.24) is 19.4 Å². The van der Waals surface area contributed by atoms with E-state index in [1.165, 1.54) is 23.0 Å². The Morgan fingerprint density at radius 1 is 1.23 bits per heavy atom. The summed E-state index contributed by atoms with van der Waals surface area (Å²) < 4.78 is 40.7. The minimum absolute atomic E-state index is 0.0116. The van der Waals surface area contributed by atoms with Crippen LogP contribution in [0.2, 0.25) is 5.02 Å². The summed E-state index contributed by atoms with van der Waals surface area (Å²) in [6, 6.07) is 4.31. The molecule has 4 rings (SSSR count). The van der Waals surface area contributed by atoms with Gasteiger partial charge in [-0.05, 0) is 17.7 Å². The summed E-state index contributed by atoms with van der Waals surface area (Å²) in [6.07, 6.45) is 4.67. The second-order valence-corrected chi connectivity index (χ2v) is 6.60. The number of hydrogen-bond acceptors (Lipinski definition) is 3. The molecule has 134 valence electrons. The Hall–Kier alpha value is -2.61. The molecule has 0 atom stereocenters. The average molecular weight is 381 g/mol. The third-order valence-electron chi connectivity index (χ3n) is 4.22. The zero-order valence-electron chi connectivity index (χ0n) is 13.3. The van der Waals surface area contributed by atoms with Crippen molar-refractivity contribution < 1.29 is 18.0 Å². The van der Waals surface area contributed by atoms with E-state index in [2.05, 4.69) is 9.97 Å². The van der Waals surface area contributed by atoms with Gasteiger partial charge in [0.1, 0.15) is 12.4 Å². The highest BCUT2D eigenvalue weighted by Gasteiger charge is 2.46. The molecule has 3 heterocycles. The molecule has 1 saturated heterocycles. The van der Waals surface area contributed by atoms with Crippen molar-refractivity contribution in [3.05, 3.63) is 47.8 Å². The van der Waals surface area contributed by atoms with Crippen LogP contribution in [-0.2, 0) is 11.3 Å². The molecule has 0 saturated carbocycles. The highest BCUT2D eigenvalue weighted by atomic mass is 35.5. The number of hydrogen-bond donors (Lipinski definition) is 0. The fourth-order valence-electron chi connectivity index (χ4n) is 2.87. The standard InChI is InChI=1S/C17H12ClF3N4O/c18-13-3-10(1-2-14(13)19)11-4-22-16-12(11)5-24(9-23-16)6-15(26)25-7-17(20,21)8-25/h1-5,9H,6-8H2. The van der Waals surface area contributed by atoms with Gasteiger partial charge in [-0.2, -0.15) is 0 Å². The molecule has 0 bridgehead atoms. The van der Waals surface area contributed by atoms with Gasteiger partial charge in [-0.1, -0.05) is 17.7 Å². The smallest absolute Gasteiger partial charge is 0.282 e. The first-order valence-electron chi connectivity index (χ1n) is 7.74. The van der Waals surface area contributed by atoms with Crippen LogP contribution in [0.3, 0.4) is 0 Å². The number of likely N-dealkylation sites (tertiary alicyclic amines) is 1. The quantitative estimate of drug-likeness (QED) is 0.700. The van der Waals surface area contributed by atoms with Crippen molar-refractivity contribution in [3.63, 3.8) is 0 Å². The van der Waals surface area contributed by atoms with Crippen molar-refractivity contribution in [1.29, 1.82) is 0 Å². The first kappa shape index (κ1) is 16.8. The highest BCUT2D eigenvalue weighted by Crippen LogP contribution is 2.34. The number of fused-ring (bicyclic) bond motifs is 1. The van der Waals surface area contributed by atoms with Gasteiger partial charge < -0.3 is 9.47 Å². The first-order valence-corrected chi connectivity index (χ1v) is 8.12. The fourth-order valence-corrected chi connectivity index (χ4v) is 3.05. The first-order chi connectivity index (χ1) is 12.3. The summed E-state index contributed by atoms with van der Waals surface area (Å²) in [7, 11) is 0. The largest absolute Gasteiger partial charge is 0.329 e. The fraction of sp³-hybridized carbons (Fsp3) is 0.235. The Balaban J connectivity index is 1.61. The predicted molar refractivity (Wildman–Crippen MR) is 88.6 cm³/mol. The van der Waals surface area contributed by atoms with E-state index in [0.29, 0.717) is 22.5 Å². The van der Waals surface area contributed by atoms with Crippen LogP contribution in [0.25, 0.3) is 22.5 Å². The van der Waals surface area contributed by atoms with Crippen LogP contribution >= 0.6 is 11.6 Å². The lowest BCUT2D eigenvalue weighted by molar-refractivity contribution is -0.166. The molecule has 5 nitrogen and oxygen atoms in total. The predicted octanol–water partition coefficient (Wildman–Crippen LogP) is 3.32. The molecule has 0 spiro atoms. The molecule has 9 heteroatoms. The van der Waals surface area contributed by atoms with E-state index in [1.54, 1.807) is 18.5 Å². The summed E-state index contributed by atoms with van der Waals surface area (Å²) >= 11 is 5.83. The summed E-state index contributed by atoms with van der Waals surface area (Å²) in [5.41, 5.74) is 2.00. The second kappa shape index (κ2) is 5.98. The molecular formula is C17H12ClF3N4O. The third-order valence-corrected chi connectivity index (χ3v) is 4.51. The molecular weight excluding hydrogens is 369 g/mol. The van der Waals surface area contributed by atoms with Gasteiger partial charge >= 0.3 is 0 Å². The molecule has 1 amide bonds. The summed E-state index contributed by atoms with van der Waals surface area (Å²) in [4.78, 5) is 21.5. The van der Waals surface area contributed by atoms with Crippen LogP contribution in [0.15, 0.2) is 36.9 Å². The van der Waals surface area contributed by atoms with Crippen LogP contribution in [0.4, 0.5) is 13.2 Å². The number of nitrogens with zero attached hydrogens (tertiary/aromatic N) is 4. The van der Waals surface area contributed by atoms with Crippen molar-refractivity contribution in [2.24, 2.45) is 0 Å². The topological polar surface area (TPSA) is 51.0 Å². The monoisotopic (exact) mass is 380 g/mol. The van der Waals surface area contributed by atoms with Gasteiger partial charge in [0.05, 0.1) is 24.4 Å². The Morgan fingerprint density at radius 2 is 2.00 bits per heavy atom. The molecule has 0 unspecified atom stereocenters. The van der Waals surface area contributed by atoms with Gasteiger partial charge in [-0.3, -0.25) is 4.79 Å². The Labute approximate surface area is 151 Å². The molecule has 0 aliphatic carbocycles. The van der Waals surface area contributed by atoms with Crippen LogP contribution < -0.4 is 0 Å². The van der Waals surface area contributed by atoms with Gasteiger partial charge in [-0.15, -0.1) is 0 Å². The summed E-state index contributed by atoms with van der Waals surface area (Å²) in [6.45, 7) is -1.22. The number of carbonyl (C=O) groups excluding carboxylic acids is 1. The Morgan fingerprint density at radius 3 is 2.69 bits per heavy atom. The molecule has 1 fully saturated rings. The lowest BCUT2D eigenvalue weighted by atomic mass is 10.0. The molecule has 1 aromatic carbocycles. The number of carbonyl (C=O) groups is 1. The maximum absolute atomic E-state index is 13.4. The normalized spacial score (nSPS) is 15.9. The van der Waals surface area contributed by atoms with Crippen LogP contribution in [0.1, 0.15) is 0 Å². The van der Waals surface area contributed by atoms with E-state index >= 15 is 0 Å². The van der Waals surface area contributed by atoms with Crippen molar-refractivity contribution >= 4 is 17.5 Å². The molecule has 3 aliphatic heterocycles. The molecule has 0 N–H and O–H groups in total. The molecule has 26 heavy (non-hydrogen) atoms. The van der Waals surface area contributed by atoms with Gasteiger partial charge in [0.2, 0.25) is 5.91 Å². The van der Waals surface area contributed by atoms with Crippen LogP contribution in [0.5, 0.6) is 0 Å². The van der Waals surface area contributed by atoms with Crippen molar-refractivity contribution in [2.45, 2.75) is 12.5 Å². The van der Waals surface area contributed by atoms with Gasteiger partial charge in [0, 0.05) is 23.5 Å². The van der Waals surface area contributed by atoms with Crippen LogP contribution in [0, 0.1) is 5.82 Å². The molecule has 3 aliphatic rings. The Kier molecular flexibility index (Phi) is 3.87. The van der Waals surface area contributed by atoms with E-state index in [0.717, 1.165) is 4.90 Å². The van der Waals surface area contributed by atoms with Gasteiger partial charge in [0.15, 0.2) is 5.82 Å². The lowest BCUT2D eigenvalue weighted by Gasteiger charge is -2.38. The number of rotatable bonds is 3. The number of benzene rings is 1. The summed E-state index contributed by atoms with van der Waals surface area (Å²) in [5.74, 6) is -3.27. The zero-order valence-corrected chi connectivity index (χ0v) is 14.1. The average Bonchev–Trinajstić information content (AvgIpc) is 2.98. The Bertz CT molecular complexity index is 966. The number of aromatic nitrogens is 3. The third kappa shape index (κ3) is 3.01. The van der Waals surface area contributed by atoms with E-state index in [1.807, 2.05) is 0 Å². The van der Waals surface area contributed by atoms with Crippen LogP contribution in [-0.4, -0.2) is 44.4 Å². The van der Waals surface area contributed by atoms with E-state index < -0.39 is 30.7 Å². The number of alkyl halides is 2. The SMILES string of the molecule is O=C(Cn1cnc2ncc(-c3ccc(F)c(Cl)c3)c-2c1)N1CC(F)(F)C1. The minimum Gasteiger partial charge on any atom is -0.329 e. The zero-order chi connectivity index (χ0) is 18.5. The van der Waals surface area contributed by atoms with E-state index in [9.17, 15) is 18.0 Å². The molecule has 0 radical (unpaired) electrons. The summed E-state index contributed by atoms with van der Waals surface area (Å²) in [5, 5.41) is -0.0116. The highest BCUT2D eigenvalue weighted by molar-refractivity contribution is 6.31. The molecule has 0 aromatic heterocycles. The molecule has 1 aromatic rings. The van der Waals surface area contributed by atoms with E-state index in [-0.39, 0.29) is 11.6 Å². The van der Waals surface area contributed by atoms with Crippen molar-refractivity contribution in [2.75, 3.05) is 13.1 Å². The number of halogens is 4. The minimum atomic E-state index is -2.80.